The maximum absolute atomic E-state index is 13.5. The van der Waals surface area contributed by atoms with Crippen LogP contribution in [-0.4, -0.2) is 50.8 Å². The van der Waals surface area contributed by atoms with E-state index in [9.17, 15) is 13.2 Å². The van der Waals surface area contributed by atoms with Crippen LogP contribution in [0.1, 0.15) is 57.0 Å². The van der Waals surface area contributed by atoms with Crippen LogP contribution in [0, 0.1) is 0 Å². The molecule has 11 nitrogen and oxygen atoms in total. The molecular weight excluding hydrogens is 506 g/mol. The van der Waals surface area contributed by atoms with Crippen LogP contribution in [0.25, 0.3) is 22.3 Å². The maximum Gasteiger partial charge on any atom is 0.294 e. The van der Waals surface area contributed by atoms with Crippen LogP contribution in [0.15, 0.2) is 46.6 Å². The van der Waals surface area contributed by atoms with Crippen molar-refractivity contribution < 1.29 is 13.2 Å². The number of aromatic nitrogens is 6. The highest BCUT2D eigenvalue weighted by molar-refractivity contribution is 7.91. The van der Waals surface area contributed by atoms with Gasteiger partial charge in [-0.3, -0.25) is 14.8 Å². The van der Waals surface area contributed by atoms with E-state index in [0.29, 0.717) is 34.2 Å². The number of ether oxygens (including phenoxy) is 1. The zero-order valence-corrected chi connectivity index (χ0v) is 22.5. The lowest BCUT2D eigenvalue weighted by molar-refractivity contribution is 0.397. The summed E-state index contributed by atoms with van der Waals surface area (Å²) < 4.78 is 31.3. The van der Waals surface area contributed by atoms with E-state index < -0.39 is 9.84 Å². The van der Waals surface area contributed by atoms with Gasteiger partial charge < -0.3 is 14.6 Å². The zero-order valence-electron chi connectivity index (χ0n) is 21.7. The summed E-state index contributed by atoms with van der Waals surface area (Å²) in [6.07, 6.45) is 6.59. The van der Waals surface area contributed by atoms with Crippen molar-refractivity contribution in [2.24, 2.45) is 0 Å². The second kappa shape index (κ2) is 10.1. The van der Waals surface area contributed by atoms with Crippen LogP contribution in [0.5, 0.6) is 5.88 Å². The Morgan fingerprint density at radius 3 is 2.55 bits per heavy atom. The van der Waals surface area contributed by atoms with Gasteiger partial charge in [-0.1, -0.05) is 6.92 Å². The summed E-state index contributed by atoms with van der Waals surface area (Å²) in [5, 5.41) is 3.06. The fourth-order valence-electron chi connectivity index (χ4n) is 4.36. The number of methoxy groups -OCH3 is 1. The number of rotatable bonds is 9. The van der Waals surface area contributed by atoms with E-state index in [-0.39, 0.29) is 34.6 Å². The molecule has 5 rings (SSSR count). The Hall–Kier alpha value is -3.93. The van der Waals surface area contributed by atoms with Gasteiger partial charge in [0.15, 0.2) is 15.7 Å². The first-order valence-electron chi connectivity index (χ1n) is 12.5. The third-order valence-corrected chi connectivity index (χ3v) is 8.24. The van der Waals surface area contributed by atoms with Crippen LogP contribution < -0.4 is 15.6 Å². The van der Waals surface area contributed by atoms with Gasteiger partial charge >= 0.3 is 0 Å². The highest BCUT2D eigenvalue weighted by atomic mass is 32.2. The average molecular weight is 536 g/mol. The van der Waals surface area contributed by atoms with E-state index in [1.54, 1.807) is 30.9 Å². The summed E-state index contributed by atoms with van der Waals surface area (Å²) in [6.45, 7) is 5.65. The van der Waals surface area contributed by atoms with Gasteiger partial charge in [-0.25, -0.2) is 23.4 Å². The molecule has 1 saturated carbocycles. The molecule has 0 saturated heterocycles. The molecule has 38 heavy (non-hydrogen) atoms. The molecule has 0 atom stereocenters. The molecule has 0 aromatic carbocycles. The smallest absolute Gasteiger partial charge is 0.294 e. The number of pyridine rings is 2. The Labute approximate surface area is 220 Å². The number of sulfone groups is 1. The second-order valence-electron chi connectivity index (χ2n) is 9.45. The van der Waals surface area contributed by atoms with Crippen molar-refractivity contribution >= 4 is 26.7 Å². The standard InChI is InChI=1S/C26H29N7O4S/c1-5-38(35,36)18-9-8-17(27-12-18)11-29-24-26(34)33(15(2)3)21-10-19(28-13-20(21)32-24)22-23(16-6-7-16)30-14-31-25(22)37-4/h8-10,12-16H,5-7,11H2,1-4H3,(H,29,32). The van der Waals surface area contributed by atoms with E-state index in [1.807, 2.05) is 19.9 Å². The normalized spacial score (nSPS) is 13.7. The highest BCUT2D eigenvalue weighted by Crippen LogP contribution is 2.45. The number of hydrogen-bond donors (Lipinski definition) is 1. The monoisotopic (exact) mass is 535 g/mol. The zero-order chi connectivity index (χ0) is 27.0. The van der Waals surface area contributed by atoms with Crippen LogP contribution in [0.2, 0.25) is 0 Å². The molecule has 198 valence electrons. The van der Waals surface area contributed by atoms with Crippen molar-refractivity contribution in [2.45, 2.75) is 57.0 Å². The molecule has 4 heterocycles. The summed E-state index contributed by atoms with van der Waals surface area (Å²) in [7, 11) is -1.76. The quantitative estimate of drug-likeness (QED) is 0.338. The van der Waals surface area contributed by atoms with Gasteiger partial charge in [0.05, 0.1) is 58.7 Å². The van der Waals surface area contributed by atoms with E-state index in [2.05, 4.69) is 30.2 Å². The van der Waals surface area contributed by atoms with E-state index in [0.717, 1.165) is 24.1 Å². The Morgan fingerprint density at radius 1 is 1.13 bits per heavy atom. The summed E-state index contributed by atoms with van der Waals surface area (Å²) in [5.41, 5.74) is 3.75. The molecular formula is C26H29N7O4S. The largest absolute Gasteiger partial charge is 0.480 e. The number of nitrogens with one attached hydrogen (secondary N) is 1. The van der Waals surface area contributed by atoms with Gasteiger partial charge in [-0.15, -0.1) is 0 Å². The van der Waals surface area contributed by atoms with E-state index in [4.69, 9.17) is 4.74 Å². The lowest BCUT2D eigenvalue weighted by Crippen LogP contribution is -2.27. The third-order valence-electron chi connectivity index (χ3n) is 6.52. The number of fused-ring (bicyclic) bond motifs is 1. The average Bonchev–Trinajstić information content (AvgIpc) is 3.77. The molecule has 4 aromatic rings. The number of anilines is 1. The molecule has 0 spiro atoms. The van der Waals surface area contributed by atoms with Crippen molar-refractivity contribution in [1.82, 2.24) is 29.5 Å². The molecule has 0 bridgehead atoms. The first-order chi connectivity index (χ1) is 18.2. The molecule has 1 N–H and O–H groups in total. The molecule has 0 aliphatic heterocycles. The number of nitrogens with zero attached hydrogens (tertiary/aromatic N) is 6. The van der Waals surface area contributed by atoms with Crippen molar-refractivity contribution in [3.8, 4) is 17.1 Å². The van der Waals surface area contributed by atoms with Gasteiger partial charge in [0.1, 0.15) is 11.8 Å². The fourth-order valence-corrected chi connectivity index (χ4v) is 5.18. The topological polar surface area (TPSA) is 142 Å². The van der Waals surface area contributed by atoms with Gasteiger partial charge in [0.25, 0.3) is 5.56 Å². The molecule has 0 unspecified atom stereocenters. The van der Waals surface area contributed by atoms with Crippen LogP contribution in [-0.2, 0) is 16.4 Å². The van der Waals surface area contributed by atoms with Gasteiger partial charge in [0.2, 0.25) is 5.88 Å². The van der Waals surface area contributed by atoms with Crippen molar-refractivity contribution in [3.05, 3.63) is 58.7 Å². The summed E-state index contributed by atoms with van der Waals surface area (Å²) >= 11 is 0. The van der Waals surface area contributed by atoms with Crippen LogP contribution >= 0.6 is 0 Å². The van der Waals surface area contributed by atoms with Crippen molar-refractivity contribution in [3.63, 3.8) is 0 Å². The fraction of sp³-hybridized carbons (Fsp3) is 0.385. The van der Waals surface area contributed by atoms with Gasteiger partial charge in [-0.2, -0.15) is 0 Å². The molecule has 0 amide bonds. The third kappa shape index (κ3) is 4.83. The summed E-state index contributed by atoms with van der Waals surface area (Å²) in [5.74, 6) is 0.959. The van der Waals surface area contributed by atoms with Crippen LogP contribution in [0.4, 0.5) is 5.82 Å². The lowest BCUT2D eigenvalue weighted by atomic mass is 10.1. The SMILES string of the molecule is CCS(=O)(=O)c1ccc(CNc2nc3cnc(-c4c(OC)ncnc4C4CC4)cc3n(C(C)C)c2=O)nc1. The molecule has 1 aliphatic rings. The van der Waals surface area contributed by atoms with Gasteiger partial charge in [0, 0.05) is 18.2 Å². The molecule has 0 radical (unpaired) electrons. The van der Waals surface area contributed by atoms with Crippen molar-refractivity contribution in [1.29, 1.82) is 0 Å². The Bertz CT molecular complexity index is 1660. The molecule has 4 aromatic heterocycles. The Kier molecular flexibility index (Phi) is 6.82. The molecule has 1 fully saturated rings. The molecule has 1 aliphatic carbocycles. The Balaban J connectivity index is 1.52. The minimum absolute atomic E-state index is 0.00372. The number of hydrogen-bond acceptors (Lipinski definition) is 10. The Morgan fingerprint density at radius 2 is 1.92 bits per heavy atom. The predicted molar refractivity (Wildman–Crippen MR) is 143 cm³/mol. The first-order valence-corrected chi connectivity index (χ1v) is 14.1. The minimum Gasteiger partial charge on any atom is -0.480 e. The summed E-state index contributed by atoms with van der Waals surface area (Å²) in [6, 6.07) is 4.83. The lowest BCUT2D eigenvalue weighted by Gasteiger charge is -2.17. The maximum atomic E-state index is 13.5. The first kappa shape index (κ1) is 25.7. The minimum atomic E-state index is -3.33. The van der Waals surface area contributed by atoms with E-state index in [1.165, 1.54) is 18.6 Å². The van der Waals surface area contributed by atoms with Crippen LogP contribution in [0.3, 0.4) is 0 Å². The van der Waals surface area contributed by atoms with Crippen molar-refractivity contribution in [2.75, 3.05) is 18.2 Å². The molecule has 12 heteroatoms. The van der Waals surface area contributed by atoms with Gasteiger partial charge in [-0.05, 0) is 44.9 Å². The van der Waals surface area contributed by atoms with E-state index >= 15 is 0 Å². The predicted octanol–water partition coefficient (Wildman–Crippen LogP) is 3.52. The summed E-state index contributed by atoms with van der Waals surface area (Å²) in [4.78, 5) is 35.9. The highest BCUT2D eigenvalue weighted by Gasteiger charge is 2.31. The second-order valence-corrected chi connectivity index (χ2v) is 11.7.